The van der Waals surface area contributed by atoms with Crippen molar-refractivity contribution in [3.05, 3.63) is 51.9 Å². The molecule has 0 bridgehead atoms. The third-order valence-corrected chi connectivity index (χ3v) is 2.89. The summed E-state index contributed by atoms with van der Waals surface area (Å²) in [5.41, 5.74) is 0.362. The molecule has 0 saturated carbocycles. The second-order valence-corrected chi connectivity index (χ2v) is 3.86. The molecule has 1 aromatic heterocycles. The smallest absolute Gasteiger partial charge is 0.163 e. The zero-order valence-electron chi connectivity index (χ0n) is 7.05. The van der Waals surface area contributed by atoms with E-state index in [-0.39, 0.29) is 3.57 Å². The topological polar surface area (TPSA) is 4.93 Å². The minimum absolute atomic E-state index is 0.0220. The predicted octanol–water partition coefficient (Wildman–Crippen LogP) is 3.36. The highest BCUT2D eigenvalue weighted by Crippen LogP contribution is 2.21. The third-order valence-electron chi connectivity index (χ3n) is 1.90. The van der Waals surface area contributed by atoms with Gasteiger partial charge in [0.25, 0.3) is 0 Å². The van der Waals surface area contributed by atoms with Gasteiger partial charge < -0.3 is 4.57 Å². The highest BCUT2D eigenvalue weighted by molar-refractivity contribution is 14.1. The first-order valence-electron chi connectivity index (χ1n) is 3.97. The Labute approximate surface area is 93.5 Å². The van der Waals surface area contributed by atoms with Crippen molar-refractivity contribution in [3.63, 3.8) is 0 Å². The maximum Gasteiger partial charge on any atom is 0.163 e. The molecule has 0 aliphatic heterocycles. The van der Waals surface area contributed by atoms with E-state index in [1.165, 1.54) is 12.1 Å². The van der Waals surface area contributed by atoms with Crippen molar-refractivity contribution in [3.8, 4) is 5.69 Å². The molecule has 2 rings (SSSR count). The van der Waals surface area contributed by atoms with E-state index in [9.17, 15) is 8.78 Å². The Balaban J connectivity index is 2.61. The molecule has 1 aromatic carbocycles. The van der Waals surface area contributed by atoms with Crippen molar-refractivity contribution in [2.45, 2.75) is 0 Å². The second kappa shape index (κ2) is 3.68. The summed E-state index contributed by atoms with van der Waals surface area (Å²) in [7, 11) is 0. The van der Waals surface area contributed by atoms with E-state index in [2.05, 4.69) is 0 Å². The Morgan fingerprint density at radius 2 is 1.71 bits per heavy atom. The van der Waals surface area contributed by atoms with E-state index in [0.717, 1.165) is 0 Å². The minimum Gasteiger partial charge on any atom is -0.321 e. The molecule has 0 spiro atoms. The van der Waals surface area contributed by atoms with Crippen LogP contribution in [0.1, 0.15) is 0 Å². The van der Waals surface area contributed by atoms with Gasteiger partial charge in [-0.25, -0.2) is 8.78 Å². The van der Waals surface area contributed by atoms with Crippen LogP contribution < -0.4 is 0 Å². The van der Waals surface area contributed by atoms with E-state index in [4.69, 9.17) is 0 Å². The van der Waals surface area contributed by atoms with E-state index in [1.807, 2.05) is 0 Å². The van der Waals surface area contributed by atoms with Gasteiger partial charge >= 0.3 is 0 Å². The molecule has 1 nitrogen and oxygen atoms in total. The lowest BCUT2D eigenvalue weighted by molar-refractivity contribution is 0.565. The molecule has 0 aliphatic carbocycles. The van der Waals surface area contributed by atoms with Crippen molar-refractivity contribution >= 4 is 22.6 Å². The normalized spacial score (nSPS) is 10.5. The molecule has 14 heavy (non-hydrogen) atoms. The van der Waals surface area contributed by atoms with Gasteiger partial charge in [-0.05, 0) is 46.9 Å². The Kier molecular flexibility index (Phi) is 2.54. The van der Waals surface area contributed by atoms with Gasteiger partial charge in [0.05, 0.1) is 9.26 Å². The fourth-order valence-corrected chi connectivity index (χ4v) is 1.67. The van der Waals surface area contributed by atoms with Gasteiger partial charge in [0.1, 0.15) is 5.82 Å². The number of hydrogen-bond donors (Lipinski definition) is 0. The predicted molar refractivity (Wildman–Crippen MR) is 58.4 cm³/mol. The lowest BCUT2D eigenvalue weighted by atomic mass is 10.3. The average Bonchev–Trinajstić information content (AvgIpc) is 2.67. The van der Waals surface area contributed by atoms with Crippen LogP contribution in [0.2, 0.25) is 0 Å². The quantitative estimate of drug-likeness (QED) is 0.562. The summed E-state index contributed by atoms with van der Waals surface area (Å²) in [5, 5.41) is 0. The lowest BCUT2D eigenvalue weighted by Gasteiger charge is -2.06. The van der Waals surface area contributed by atoms with E-state index in [0.29, 0.717) is 5.69 Å². The Morgan fingerprint density at radius 1 is 1.07 bits per heavy atom. The number of rotatable bonds is 1. The van der Waals surface area contributed by atoms with Crippen molar-refractivity contribution in [1.29, 1.82) is 0 Å². The molecule has 0 unspecified atom stereocenters. The highest BCUT2D eigenvalue weighted by Gasteiger charge is 2.11. The fourth-order valence-electron chi connectivity index (χ4n) is 1.21. The number of benzene rings is 1. The number of aromatic nitrogens is 1. The summed E-state index contributed by atoms with van der Waals surface area (Å²) in [6, 6.07) is 6.26. The molecule has 72 valence electrons. The van der Waals surface area contributed by atoms with Crippen LogP contribution in [0.5, 0.6) is 0 Å². The highest BCUT2D eigenvalue weighted by atomic mass is 127. The standard InChI is InChI=1S/C10H6F2IN/c11-7-3-4-8(9(12)10(7)13)14-5-1-2-6-14/h1-6H. The molecule has 0 atom stereocenters. The summed E-state index contributed by atoms with van der Waals surface area (Å²) < 4.78 is 28.1. The summed E-state index contributed by atoms with van der Waals surface area (Å²) >= 11 is 1.66. The second-order valence-electron chi connectivity index (χ2n) is 2.78. The largest absolute Gasteiger partial charge is 0.321 e. The summed E-state index contributed by atoms with van der Waals surface area (Å²) in [6.07, 6.45) is 3.43. The van der Waals surface area contributed by atoms with E-state index in [1.54, 1.807) is 51.7 Å². The van der Waals surface area contributed by atoms with Gasteiger partial charge in [0.15, 0.2) is 5.82 Å². The first-order chi connectivity index (χ1) is 6.70. The van der Waals surface area contributed by atoms with Crippen molar-refractivity contribution in [2.24, 2.45) is 0 Å². The molecule has 4 heteroatoms. The first kappa shape index (κ1) is 9.64. The van der Waals surface area contributed by atoms with Gasteiger partial charge in [-0.3, -0.25) is 0 Å². The molecule has 2 aromatic rings. The van der Waals surface area contributed by atoms with Gasteiger partial charge in [-0.15, -0.1) is 0 Å². The molecule has 0 amide bonds. The van der Waals surface area contributed by atoms with Crippen LogP contribution in [0.4, 0.5) is 8.78 Å². The summed E-state index contributed by atoms with van der Waals surface area (Å²) in [6.45, 7) is 0. The first-order valence-corrected chi connectivity index (χ1v) is 5.05. The molecule has 0 N–H and O–H groups in total. The van der Waals surface area contributed by atoms with Crippen LogP contribution in [-0.2, 0) is 0 Å². The third kappa shape index (κ3) is 1.54. The molecular weight excluding hydrogens is 299 g/mol. The maximum atomic E-state index is 13.6. The Hall–Kier alpha value is -0.910. The minimum atomic E-state index is -0.529. The van der Waals surface area contributed by atoms with Crippen molar-refractivity contribution < 1.29 is 8.78 Å². The van der Waals surface area contributed by atoms with E-state index < -0.39 is 11.6 Å². The molecule has 1 heterocycles. The lowest BCUT2D eigenvalue weighted by Crippen LogP contribution is -1.98. The molecule has 0 aliphatic rings. The van der Waals surface area contributed by atoms with Gasteiger partial charge in [0.2, 0.25) is 0 Å². The summed E-state index contributed by atoms with van der Waals surface area (Å²) in [5.74, 6) is -1.05. The van der Waals surface area contributed by atoms with Crippen LogP contribution in [-0.4, -0.2) is 4.57 Å². The van der Waals surface area contributed by atoms with Crippen LogP contribution in [0.15, 0.2) is 36.7 Å². The fraction of sp³-hybridized carbons (Fsp3) is 0. The van der Waals surface area contributed by atoms with Gasteiger partial charge in [-0.1, -0.05) is 0 Å². The molecule has 0 fully saturated rings. The summed E-state index contributed by atoms with van der Waals surface area (Å²) in [4.78, 5) is 0. The average molecular weight is 305 g/mol. The van der Waals surface area contributed by atoms with Crippen LogP contribution in [0.25, 0.3) is 5.69 Å². The van der Waals surface area contributed by atoms with Gasteiger partial charge in [0, 0.05) is 12.4 Å². The van der Waals surface area contributed by atoms with Crippen LogP contribution in [0, 0.1) is 15.2 Å². The van der Waals surface area contributed by atoms with Crippen LogP contribution in [0.3, 0.4) is 0 Å². The van der Waals surface area contributed by atoms with Crippen molar-refractivity contribution in [1.82, 2.24) is 4.57 Å². The number of nitrogens with zero attached hydrogens (tertiary/aromatic N) is 1. The number of hydrogen-bond acceptors (Lipinski definition) is 0. The molecular formula is C10H6F2IN. The monoisotopic (exact) mass is 305 g/mol. The van der Waals surface area contributed by atoms with Gasteiger partial charge in [-0.2, -0.15) is 0 Å². The number of halogens is 3. The Morgan fingerprint density at radius 3 is 2.36 bits per heavy atom. The zero-order chi connectivity index (χ0) is 10.1. The Bertz CT molecular complexity index is 451. The molecule has 0 saturated heterocycles. The SMILES string of the molecule is Fc1ccc(-n2cccc2)c(F)c1I. The molecule has 0 radical (unpaired) electrons. The van der Waals surface area contributed by atoms with Crippen LogP contribution >= 0.6 is 22.6 Å². The van der Waals surface area contributed by atoms with Crippen molar-refractivity contribution in [2.75, 3.05) is 0 Å². The zero-order valence-corrected chi connectivity index (χ0v) is 9.20. The maximum absolute atomic E-state index is 13.6. The van der Waals surface area contributed by atoms with E-state index >= 15 is 0 Å².